The summed E-state index contributed by atoms with van der Waals surface area (Å²) < 4.78 is 47.6. The number of rotatable bonds is 4. The van der Waals surface area contributed by atoms with Gasteiger partial charge in [0.15, 0.2) is 17.6 Å². The minimum atomic E-state index is -4.80. The number of ether oxygens (including phenoxy) is 2. The number of methoxy groups -OCH3 is 2. The fraction of sp³-hybridized carbons (Fsp3) is 0.455. The Morgan fingerprint density at radius 1 is 1.20 bits per heavy atom. The molecule has 0 unspecified atom stereocenters. The minimum Gasteiger partial charge on any atom is -0.493 e. The predicted octanol–water partition coefficient (Wildman–Crippen LogP) is 2.81. The van der Waals surface area contributed by atoms with Crippen LogP contribution in [0, 0.1) is 0 Å². The van der Waals surface area contributed by atoms with Gasteiger partial charge in [-0.05, 0) is 17.7 Å². The topological polar surface area (TPSA) is 64.7 Å². The highest BCUT2D eigenvalue weighted by Crippen LogP contribution is 2.38. The van der Waals surface area contributed by atoms with Crippen LogP contribution in [0.3, 0.4) is 0 Å². The Hall–Kier alpha value is -0.700. The van der Waals surface area contributed by atoms with Crippen molar-refractivity contribution >= 4 is 28.3 Å². The smallest absolute Gasteiger partial charge is 0.416 e. The van der Waals surface area contributed by atoms with Gasteiger partial charge in [0.1, 0.15) is 0 Å². The van der Waals surface area contributed by atoms with Gasteiger partial charge in [-0.15, -0.1) is 12.4 Å². The van der Waals surface area contributed by atoms with E-state index >= 15 is 0 Å². The van der Waals surface area contributed by atoms with Gasteiger partial charge in [0, 0.05) is 4.47 Å². The van der Waals surface area contributed by atoms with Crippen molar-refractivity contribution in [1.29, 1.82) is 0 Å². The van der Waals surface area contributed by atoms with Crippen LogP contribution in [-0.2, 0) is 0 Å². The maximum atomic E-state index is 12.4. The molecule has 0 fully saturated rings. The zero-order valence-corrected chi connectivity index (χ0v) is 13.0. The van der Waals surface area contributed by atoms with E-state index in [0.29, 0.717) is 10.2 Å². The van der Waals surface area contributed by atoms with Crippen LogP contribution in [0.2, 0.25) is 0 Å². The quantitative estimate of drug-likeness (QED) is 0.843. The highest BCUT2D eigenvalue weighted by atomic mass is 79.9. The molecule has 1 aromatic rings. The van der Waals surface area contributed by atoms with Crippen LogP contribution in [0.25, 0.3) is 0 Å². The van der Waals surface area contributed by atoms with Crippen LogP contribution in [0.5, 0.6) is 11.5 Å². The third-order valence-electron chi connectivity index (χ3n) is 2.54. The Labute approximate surface area is 128 Å². The molecular formula is C11H14BrClF3NO3. The predicted molar refractivity (Wildman–Crippen MR) is 73.5 cm³/mol. The molecule has 0 aliphatic carbocycles. The normalized spacial score (nSPS) is 14.2. The van der Waals surface area contributed by atoms with Crippen molar-refractivity contribution in [3.63, 3.8) is 0 Å². The summed E-state index contributed by atoms with van der Waals surface area (Å²) in [6.07, 6.45) is -7.46. The molecule has 2 atom stereocenters. The van der Waals surface area contributed by atoms with Gasteiger partial charge in [-0.1, -0.05) is 15.9 Å². The first kappa shape index (κ1) is 19.3. The summed E-state index contributed by atoms with van der Waals surface area (Å²) in [7, 11) is 2.75. The molecule has 0 saturated heterocycles. The molecule has 3 N–H and O–H groups in total. The zero-order chi connectivity index (χ0) is 14.8. The highest BCUT2D eigenvalue weighted by molar-refractivity contribution is 9.10. The summed E-state index contributed by atoms with van der Waals surface area (Å²) in [6, 6.07) is 1.09. The van der Waals surface area contributed by atoms with Crippen LogP contribution in [0.4, 0.5) is 13.2 Å². The Balaban J connectivity index is 0.00000361. The molecule has 20 heavy (non-hydrogen) atoms. The van der Waals surface area contributed by atoms with Gasteiger partial charge in [0.05, 0.1) is 20.3 Å². The number of aliphatic hydroxyl groups is 1. The van der Waals surface area contributed by atoms with Crippen molar-refractivity contribution in [3.05, 3.63) is 22.2 Å². The first-order valence-corrected chi connectivity index (χ1v) is 5.93. The lowest BCUT2D eigenvalue weighted by atomic mass is 10.0. The largest absolute Gasteiger partial charge is 0.493 e. The summed E-state index contributed by atoms with van der Waals surface area (Å²) in [5.41, 5.74) is 5.52. The summed E-state index contributed by atoms with van der Waals surface area (Å²) in [4.78, 5) is 0. The molecule has 9 heteroatoms. The first-order chi connectivity index (χ1) is 8.72. The molecule has 116 valence electrons. The second kappa shape index (κ2) is 7.35. The van der Waals surface area contributed by atoms with Crippen molar-refractivity contribution < 1.29 is 27.8 Å². The Kier molecular flexibility index (Phi) is 7.09. The SMILES string of the molecule is COc1cc(Br)c([C@H](N)[C@H](O)C(F)(F)F)cc1OC.Cl. The second-order valence-corrected chi connectivity index (χ2v) is 4.60. The van der Waals surface area contributed by atoms with E-state index < -0.39 is 18.3 Å². The van der Waals surface area contributed by atoms with E-state index in [2.05, 4.69) is 15.9 Å². The van der Waals surface area contributed by atoms with Gasteiger partial charge in [-0.25, -0.2) is 0 Å². The van der Waals surface area contributed by atoms with Gasteiger partial charge in [-0.2, -0.15) is 13.2 Å². The van der Waals surface area contributed by atoms with Crippen LogP contribution < -0.4 is 15.2 Å². The fourth-order valence-electron chi connectivity index (χ4n) is 1.50. The van der Waals surface area contributed by atoms with E-state index in [0.717, 1.165) is 0 Å². The van der Waals surface area contributed by atoms with Crippen LogP contribution in [0.1, 0.15) is 11.6 Å². The molecule has 0 heterocycles. The van der Waals surface area contributed by atoms with Gasteiger partial charge in [0.25, 0.3) is 0 Å². The standard InChI is InChI=1S/C11H13BrF3NO3.ClH/c1-18-7-3-5(6(12)4-8(7)19-2)9(16)10(17)11(13,14)15;/h3-4,9-10,17H,16H2,1-2H3;1H/t9-,10-;/m0./s1. The first-order valence-electron chi connectivity index (χ1n) is 5.14. The average Bonchev–Trinajstić information content (AvgIpc) is 2.35. The third-order valence-corrected chi connectivity index (χ3v) is 3.22. The molecule has 0 aliphatic rings. The third kappa shape index (κ3) is 4.15. The van der Waals surface area contributed by atoms with E-state index in [1.54, 1.807) is 0 Å². The number of aliphatic hydroxyl groups excluding tert-OH is 1. The highest BCUT2D eigenvalue weighted by Gasteiger charge is 2.43. The summed E-state index contributed by atoms with van der Waals surface area (Å²) in [5, 5.41) is 9.18. The van der Waals surface area contributed by atoms with Gasteiger partial charge in [0.2, 0.25) is 0 Å². The van der Waals surface area contributed by atoms with E-state index in [4.69, 9.17) is 15.2 Å². The van der Waals surface area contributed by atoms with Crippen molar-refractivity contribution in [2.24, 2.45) is 5.73 Å². The zero-order valence-electron chi connectivity index (χ0n) is 10.6. The molecule has 0 aromatic heterocycles. The molecule has 0 amide bonds. The number of alkyl halides is 3. The molecule has 0 aliphatic heterocycles. The summed E-state index contributed by atoms with van der Waals surface area (Å²) >= 11 is 3.09. The molecular weight excluding hydrogens is 366 g/mol. The van der Waals surface area contributed by atoms with E-state index in [-0.39, 0.29) is 23.7 Å². The Morgan fingerprint density at radius 3 is 2.05 bits per heavy atom. The molecule has 4 nitrogen and oxygen atoms in total. The number of hydrogen-bond acceptors (Lipinski definition) is 4. The molecule has 0 saturated carbocycles. The maximum absolute atomic E-state index is 12.4. The van der Waals surface area contributed by atoms with Gasteiger partial charge < -0.3 is 20.3 Å². The van der Waals surface area contributed by atoms with Gasteiger partial charge >= 0.3 is 6.18 Å². The molecule has 1 rings (SSSR count). The van der Waals surface area contributed by atoms with Crippen molar-refractivity contribution in [1.82, 2.24) is 0 Å². The average molecular weight is 381 g/mol. The summed E-state index contributed by atoms with van der Waals surface area (Å²) in [6.45, 7) is 0. The van der Waals surface area contributed by atoms with Crippen molar-refractivity contribution in [3.8, 4) is 11.5 Å². The van der Waals surface area contributed by atoms with E-state index in [1.165, 1.54) is 26.4 Å². The number of hydrogen-bond donors (Lipinski definition) is 2. The molecule has 0 radical (unpaired) electrons. The fourth-order valence-corrected chi connectivity index (χ4v) is 2.09. The molecule has 1 aromatic carbocycles. The minimum absolute atomic E-state index is 0. The van der Waals surface area contributed by atoms with E-state index in [9.17, 15) is 18.3 Å². The lowest BCUT2D eigenvalue weighted by molar-refractivity contribution is -0.210. The lowest BCUT2D eigenvalue weighted by Gasteiger charge is -2.23. The van der Waals surface area contributed by atoms with Crippen LogP contribution in [0.15, 0.2) is 16.6 Å². The van der Waals surface area contributed by atoms with Crippen molar-refractivity contribution in [2.75, 3.05) is 14.2 Å². The van der Waals surface area contributed by atoms with E-state index in [1.807, 2.05) is 0 Å². The van der Waals surface area contributed by atoms with Crippen LogP contribution in [-0.4, -0.2) is 31.6 Å². The molecule has 0 spiro atoms. The number of nitrogens with two attached hydrogens (primary N) is 1. The van der Waals surface area contributed by atoms with Crippen LogP contribution >= 0.6 is 28.3 Å². The number of benzene rings is 1. The van der Waals surface area contributed by atoms with Gasteiger partial charge in [-0.3, -0.25) is 0 Å². The van der Waals surface area contributed by atoms with Crippen molar-refractivity contribution in [2.45, 2.75) is 18.3 Å². The Bertz CT molecular complexity index is 459. The second-order valence-electron chi connectivity index (χ2n) is 3.74. The summed E-state index contributed by atoms with van der Waals surface area (Å²) in [5.74, 6) is 0.567. The monoisotopic (exact) mass is 379 g/mol. The maximum Gasteiger partial charge on any atom is 0.416 e. The lowest BCUT2D eigenvalue weighted by Crippen LogP contribution is -2.39. The molecule has 0 bridgehead atoms. The number of halogens is 5. The Morgan fingerprint density at radius 2 is 1.65 bits per heavy atom.